The fourth-order valence-corrected chi connectivity index (χ4v) is 2.70. The average molecular weight is 291 g/mol. The van der Waals surface area contributed by atoms with Crippen LogP contribution in [-0.2, 0) is 4.74 Å². The molecule has 0 amide bonds. The number of esters is 1. The van der Waals surface area contributed by atoms with Crippen LogP contribution in [0.25, 0.3) is 0 Å². The molecule has 5 nitrogen and oxygen atoms in total. The van der Waals surface area contributed by atoms with Crippen LogP contribution < -0.4 is 5.32 Å². The second-order valence-corrected chi connectivity index (χ2v) is 5.53. The zero-order chi connectivity index (χ0) is 15.1. The van der Waals surface area contributed by atoms with Gasteiger partial charge in [-0.25, -0.2) is 9.78 Å². The highest BCUT2D eigenvalue weighted by Gasteiger charge is 2.17. The van der Waals surface area contributed by atoms with Crippen molar-refractivity contribution in [3.05, 3.63) is 23.9 Å². The number of piperidine rings is 1. The minimum Gasteiger partial charge on any atom is -0.462 e. The number of pyridine rings is 1. The summed E-state index contributed by atoms with van der Waals surface area (Å²) in [6.07, 6.45) is 5.60. The molecule has 116 valence electrons. The van der Waals surface area contributed by atoms with Crippen molar-refractivity contribution < 1.29 is 9.53 Å². The summed E-state index contributed by atoms with van der Waals surface area (Å²) < 4.78 is 5.07. The third-order valence-electron chi connectivity index (χ3n) is 3.67. The molecule has 1 aliphatic heterocycles. The third kappa shape index (κ3) is 4.70. The molecule has 0 spiro atoms. The van der Waals surface area contributed by atoms with Crippen LogP contribution in [0, 0.1) is 0 Å². The SMILES string of the molecule is CCOC(=O)c1cccnc1NC(C)CN1CCCCC1. The fourth-order valence-electron chi connectivity index (χ4n) is 2.70. The van der Waals surface area contributed by atoms with Crippen LogP contribution in [-0.4, -0.2) is 48.1 Å². The lowest BCUT2D eigenvalue weighted by Gasteiger charge is -2.29. The lowest BCUT2D eigenvalue weighted by atomic mass is 10.1. The van der Waals surface area contributed by atoms with Crippen molar-refractivity contribution in [1.82, 2.24) is 9.88 Å². The minimum atomic E-state index is -0.321. The van der Waals surface area contributed by atoms with Gasteiger partial charge in [-0.15, -0.1) is 0 Å². The normalized spacial score (nSPS) is 17.2. The molecule has 0 radical (unpaired) electrons. The molecule has 0 bridgehead atoms. The molecule has 1 aromatic rings. The smallest absolute Gasteiger partial charge is 0.341 e. The maximum atomic E-state index is 11.9. The van der Waals surface area contributed by atoms with Gasteiger partial charge in [0.2, 0.25) is 0 Å². The van der Waals surface area contributed by atoms with Gasteiger partial charge in [0.25, 0.3) is 0 Å². The lowest BCUT2D eigenvalue weighted by Crippen LogP contribution is -2.38. The second kappa shape index (κ2) is 7.98. The number of carbonyl (C=O) groups excluding carboxylic acids is 1. The molecule has 0 aromatic carbocycles. The topological polar surface area (TPSA) is 54.5 Å². The first kappa shape index (κ1) is 15.8. The molecule has 1 saturated heterocycles. The number of rotatable bonds is 6. The van der Waals surface area contributed by atoms with Crippen LogP contribution in [0.2, 0.25) is 0 Å². The number of carbonyl (C=O) groups is 1. The van der Waals surface area contributed by atoms with Crippen LogP contribution >= 0.6 is 0 Å². The predicted molar refractivity (Wildman–Crippen MR) is 83.6 cm³/mol. The quantitative estimate of drug-likeness (QED) is 0.816. The fraction of sp³-hybridized carbons (Fsp3) is 0.625. The molecule has 2 rings (SSSR count). The van der Waals surface area contributed by atoms with E-state index in [2.05, 4.69) is 22.1 Å². The van der Waals surface area contributed by atoms with E-state index in [0.717, 1.165) is 6.54 Å². The highest BCUT2D eigenvalue weighted by molar-refractivity contribution is 5.94. The Kier molecular flexibility index (Phi) is 5.99. The highest BCUT2D eigenvalue weighted by atomic mass is 16.5. The molecule has 5 heteroatoms. The van der Waals surface area contributed by atoms with Gasteiger partial charge in [-0.2, -0.15) is 0 Å². The van der Waals surface area contributed by atoms with Crippen LogP contribution in [0.3, 0.4) is 0 Å². The van der Waals surface area contributed by atoms with Crippen molar-refractivity contribution in [2.45, 2.75) is 39.2 Å². The van der Waals surface area contributed by atoms with Crippen molar-refractivity contribution in [3.63, 3.8) is 0 Å². The van der Waals surface area contributed by atoms with Crippen molar-refractivity contribution >= 4 is 11.8 Å². The van der Waals surface area contributed by atoms with E-state index in [9.17, 15) is 4.79 Å². The summed E-state index contributed by atoms with van der Waals surface area (Å²) in [6, 6.07) is 3.75. The standard InChI is InChI=1S/C16H25N3O2/c1-3-21-16(20)14-8-7-9-17-15(14)18-13(2)12-19-10-5-4-6-11-19/h7-9,13H,3-6,10-12H2,1-2H3,(H,17,18). The van der Waals surface area contributed by atoms with Gasteiger partial charge in [0, 0.05) is 18.8 Å². The van der Waals surface area contributed by atoms with Gasteiger partial charge in [0.1, 0.15) is 11.4 Å². The predicted octanol–water partition coefficient (Wildman–Crippen LogP) is 2.54. The number of hydrogen-bond acceptors (Lipinski definition) is 5. The van der Waals surface area contributed by atoms with Crippen LogP contribution in [0.5, 0.6) is 0 Å². The molecule has 0 aliphatic carbocycles. The van der Waals surface area contributed by atoms with Crippen molar-refractivity contribution in [2.24, 2.45) is 0 Å². The lowest BCUT2D eigenvalue weighted by molar-refractivity contribution is 0.0527. The molecule has 1 atom stereocenters. The number of likely N-dealkylation sites (tertiary alicyclic amines) is 1. The summed E-state index contributed by atoms with van der Waals surface area (Å²) in [7, 11) is 0. The van der Waals surface area contributed by atoms with Crippen molar-refractivity contribution in [2.75, 3.05) is 31.6 Å². The maximum Gasteiger partial charge on any atom is 0.341 e. The second-order valence-electron chi connectivity index (χ2n) is 5.53. The third-order valence-corrected chi connectivity index (χ3v) is 3.67. The molecular formula is C16H25N3O2. The first-order valence-corrected chi connectivity index (χ1v) is 7.81. The van der Waals surface area contributed by atoms with Crippen molar-refractivity contribution in [3.8, 4) is 0 Å². The molecule has 1 fully saturated rings. The molecular weight excluding hydrogens is 266 g/mol. The Morgan fingerprint density at radius 3 is 2.90 bits per heavy atom. The first-order valence-electron chi connectivity index (χ1n) is 7.81. The number of nitrogens with zero attached hydrogens (tertiary/aromatic N) is 2. The van der Waals surface area contributed by atoms with Crippen LogP contribution in [0.15, 0.2) is 18.3 Å². The Bertz CT molecular complexity index is 459. The van der Waals surface area contributed by atoms with E-state index in [1.807, 2.05) is 0 Å². The first-order chi connectivity index (χ1) is 10.2. The molecule has 1 aliphatic rings. The summed E-state index contributed by atoms with van der Waals surface area (Å²) in [4.78, 5) is 18.7. The van der Waals surface area contributed by atoms with Crippen LogP contribution in [0.1, 0.15) is 43.5 Å². The molecule has 2 heterocycles. The van der Waals surface area contributed by atoms with Gasteiger partial charge in [-0.3, -0.25) is 0 Å². The van der Waals surface area contributed by atoms with E-state index in [1.165, 1.54) is 32.4 Å². The maximum absolute atomic E-state index is 11.9. The van der Waals surface area contributed by atoms with Gasteiger partial charge in [0.05, 0.1) is 6.61 Å². The Hall–Kier alpha value is -1.62. The van der Waals surface area contributed by atoms with E-state index in [0.29, 0.717) is 18.0 Å². The summed E-state index contributed by atoms with van der Waals surface area (Å²) >= 11 is 0. The Labute approximate surface area is 126 Å². The molecule has 1 aromatic heterocycles. The summed E-state index contributed by atoms with van der Waals surface area (Å²) in [5, 5.41) is 3.34. The van der Waals surface area contributed by atoms with E-state index < -0.39 is 0 Å². The number of nitrogens with one attached hydrogen (secondary N) is 1. The Balaban J connectivity index is 1.96. The van der Waals surface area contributed by atoms with Gasteiger partial charge in [-0.1, -0.05) is 6.42 Å². The van der Waals surface area contributed by atoms with Gasteiger partial charge in [-0.05, 0) is 51.9 Å². The zero-order valence-corrected chi connectivity index (χ0v) is 13.0. The molecule has 1 N–H and O–H groups in total. The van der Waals surface area contributed by atoms with Crippen LogP contribution in [0.4, 0.5) is 5.82 Å². The van der Waals surface area contributed by atoms with Crippen molar-refractivity contribution in [1.29, 1.82) is 0 Å². The van der Waals surface area contributed by atoms with Gasteiger partial charge < -0.3 is 15.0 Å². The Morgan fingerprint density at radius 2 is 2.19 bits per heavy atom. The average Bonchev–Trinajstić information content (AvgIpc) is 2.49. The van der Waals surface area contributed by atoms with E-state index in [4.69, 9.17) is 4.74 Å². The molecule has 1 unspecified atom stereocenters. The zero-order valence-electron chi connectivity index (χ0n) is 13.0. The van der Waals surface area contributed by atoms with E-state index in [1.54, 1.807) is 25.3 Å². The number of hydrogen-bond donors (Lipinski definition) is 1. The Morgan fingerprint density at radius 1 is 1.43 bits per heavy atom. The molecule has 0 saturated carbocycles. The minimum absolute atomic E-state index is 0.242. The van der Waals surface area contributed by atoms with Gasteiger partial charge >= 0.3 is 5.97 Å². The monoisotopic (exact) mass is 291 g/mol. The number of aromatic nitrogens is 1. The summed E-state index contributed by atoms with van der Waals surface area (Å²) in [5.74, 6) is 0.290. The number of anilines is 1. The highest BCUT2D eigenvalue weighted by Crippen LogP contribution is 2.15. The van der Waals surface area contributed by atoms with E-state index in [-0.39, 0.29) is 12.0 Å². The van der Waals surface area contributed by atoms with E-state index >= 15 is 0 Å². The largest absolute Gasteiger partial charge is 0.462 e. The summed E-state index contributed by atoms with van der Waals surface area (Å²) in [6.45, 7) is 7.60. The molecule has 21 heavy (non-hydrogen) atoms. The summed E-state index contributed by atoms with van der Waals surface area (Å²) in [5.41, 5.74) is 0.504. The number of ether oxygens (including phenoxy) is 1. The van der Waals surface area contributed by atoms with Gasteiger partial charge in [0.15, 0.2) is 0 Å².